The summed E-state index contributed by atoms with van der Waals surface area (Å²) < 4.78 is 18.4. The molecule has 0 saturated heterocycles. The van der Waals surface area contributed by atoms with E-state index in [0.29, 0.717) is 0 Å². The number of benzene rings is 2. The fourth-order valence-electron chi connectivity index (χ4n) is 2.07. The maximum absolute atomic E-state index is 13.1. The summed E-state index contributed by atoms with van der Waals surface area (Å²) in [6, 6.07) is 14.4. The molecule has 0 aliphatic carbocycles. The standard InChI is InChI=1S/C17H16FN3O2/c1-23-16(12-5-3-2-4-6-12)11-20-17(22)21-15-8-7-14(18)9-13(15)10-19/h2-9,16H,11H2,1H3,(H2,20,21,22). The molecule has 0 fully saturated rings. The Morgan fingerprint density at radius 2 is 2.04 bits per heavy atom. The summed E-state index contributed by atoms with van der Waals surface area (Å²) in [5.41, 5.74) is 1.25. The van der Waals surface area contributed by atoms with Gasteiger partial charge < -0.3 is 15.4 Å². The second kappa shape index (κ2) is 7.92. The lowest BCUT2D eigenvalue weighted by atomic mass is 10.1. The van der Waals surface area contributed by atoms with Crippen LogP contribution in [0.1, 0.15) is 17.2 Å². The van der Waals surface area contributed by atoms with Crippen LogP contribution in [0.2, 0.25) is 0 Å². The number of rotatable bonds is 5. The molecule has 2 N–H and O–H groups in total. The highest BCUT2D eigenvalue weighted by Gasteiger charge is 2.13. The van der Waals surface area contributed by atoms with Crippen molar-refractivity contribution < 1.29 is 13.9 Å². The normalized spacial score (nSPS) is 11.3. The number of ether oxygens (including phenoxy) is 1. The zero-order valence-corrected chi connectivity index (χ0v) is 12.5. The highest BCUT2D eigenvalue weighted by Crippen LogP contribution is 2.17. The summed E-state index contributed by atoms with van der Waals surface area (Å²) in [7, 11) is 1.56. The minimum Gasteiger partial charge on any atom is -0.375 e. The van der Waals surface area contributed by atoms with E-state index in [2.05, 4.69) is 10.6 Å². The van der Waals surface area contributed by atoms with E-state index in [1.165, 1.54) is 12.1 Å². The first-order valence-electron chi connectivity index (χ1n) is 6.96. The number of carbonyl (C=O) groups is 1. The number of anilines is 1. The summed E-state index contributed by atoms with van der Waals surface area (Å²) in [4.78, 5) is 11.9. The zero-order valence-electron chi connectivity index (χ0n) is 12.5. The third-order valence-electron chi connectivity index (χ3n) is 3.25. The molecule has 5 nitrogen and oxygen atoms in total. The molecule has 23 heavy (non-hydrogen) atoms. The Morgan fingerprint density at radius 1 is 1.30 bits per heavy atom. The minimum atomic E-state index is -0.531. The first-order valence-corrected chi connectivity index (χ1v) is 6.96. The van der Waals surface area contributed by atoms with E-state index in [-0.39, 0.29) is 23.9 Å². The maximum atomic E-state index is 13.1. The van der Waals surface area contributed by atoms with Crippen LogP contribution in [0.4, 0.5) is 14.9 Å². The van der Waals surface area contributed by atoms with Gasteiger partial charge in [-0.25, -0.2) is 9.18 Å². The van der Waals surface area contributed by atoms with E-state index < -0.39 is 11.8 Å². The second-order valence-electron chi connectivity index (χ2n) is 4.77. The molecule has 0 bridgehead atoms. The van der Waals surface area contributed by atoms with Crippen LogP contribution in [0, 0.1) is 17.1 Å². The van der Waals surface area contributed by atoms with Crippen molar-refractivity contribution in [1.29, 1.82) is 5.26 Å². The molecule has 0 aliphatic rings. The molecule has 2 amide bonds. The number of nitriles is 1. The van der Waals surface area contributed by atoms with Gasteiger partial charge in [-0.05, 0) is 23.8 Å². The maximum Gasteiger partial charge on any atom is 0.319 e. The molecule has 0 radical (unpaired) electrons. The van der Waals surface area contributed by atoms with Crippen molar-refractivity contribution in [2.75, 3.05) is 19.0 Å². The number of carbonyl (C=O) groups excluding carboxylic acids is 1. The van der Waals surface area contributed by atoms with Crippen molar-refractivity contribution in [3.05, 3.63) is 65.5 Å². The Kier molecular flexibility index (Phi) is 5.67. The fourth-order valence-corrected chi connectivity index (χ4v) is 2.07. The zero-order chi connectivity index (χ0) is 16.7. The molecule has 118 valence electrons. The summed E-state index contributed by atoms with van der Waals surface area (Å²) in [5, 5.41) is 14.1. The van der Waals surface area contributed by atoms with Crippen LogP contribution in [0.25, 0.3) is 0 Å². The van der Waals surface area contributed by atoms with E-state index in [9.17, 15) is 9.18 Å². The third kappa shape index (κ3) is 4.53. The SMILES string of the molecule is COC(CNC(=O)Nc1ccc(F)cc1C#N)c1ccccc1. The van der Waals surface area contributed by atoms with Crippen molar-refractivity contribution in [2.45, 2.75) is 6.10 Å². The number of nitrogens with zero attached hydrogens (tertiary/aromatic N) is 1. The Labute approximate surface area is 133 Å². The predicted molar refractivity (Wildman–Crippen MR) is 84.3 cm³/mol. The van der Waals surface area contributed by atoms with Crippen molar-refractivity contribution in [3.63, 3.8) is 0 Å². The van der Waals surface area contributed by atoms with Gasteiger partial charge in [0.25, 0.3) is 0 Å². The monoisotopic (exact) mass is 313 g/mol. The van der Waals surface area contributed by atoms with Gasteiger partial charge in [0.1, 0.15) is 11.9 Å². The highest BCUT2D eigenvalue weighted by atomic mass is 19.1. The van der Waals surface area contributed by atoms with Gasteiger partial charge in [0.05, 0.1) is 17.4 Å². The molecule has 1 atom stereocenters. The number of urea groups is 1. The van der Waals surface area contributed by atoms with Crippen LogP contribution in [0.15, 0.2) is 48.5 Å². The van der Waals surface area contributed by atoms with Crippen LogP contribution >= 0.6 is 0 Å². The lowest BCUT2D eigenvalue weighted by Crippen LogP contribution is -2.33. The van der Waals surface area contributed by atoms with Crippen molar-refractivity contribution in [1.82, 2.24) is 5.32 Å². The van der Waals surface area contributed by atoms with Crippen LogP contribution in [-0.2, 0) is 4.74 Å². The van der Waals surface area contributed by atoms with E-state index in [1.54, 1.807) is 7.11 Å². The Balaban J connectivity index is 1.96. The number of methoxy groups -OCH3 is 1. The van der Waals surface area contributed by atoms with Crippen LogP contribution < -0.4 is 10.6 Å². The fraction of sp³-hybridized carbons (Fsp3) is 0.176. The van der Waals surface area contributed by atoms with Crippen molar-refractivity contribution in [3.8, 4) is 6.07 Å². The van der Waals surface area contributed by atoms with Gasteiger partial charge in [-0.1, -0.05) is 30.3 Å². The summed E-state index contributed by atoms with van der Waals surface area (Å²) in [6.07, 6.45) is -0.286. The second-order valence-corrected chi connectivity index (χ2v) is 4.77. The molecule has 2 aromatic rings. The quantitative estimate of drug-likeness (QED) is 0.890. The van der Waals surface area contributed by atoms with E-state index in [0.717, 1.165) is 11.6 Å². The molecule has 0 aliphatic heterocycles. The van der Waals surface area contributed by atoms with Gasteiger partial charge in [-0.2, -0.15) is 5.26 Å². The van der Waals surface area contributed by atoms with Gasteiger partial charge in [0.15, 0.2) is 0 Å². The van der Waals surface area contributed by atoms with Gasteiger partial charge >= 0.3 is 6.03 Å². The van der Waals surface area contributed by atoms with Crippen molar-refractivity contribution in [2.24, 2.45) is 0 Å². The Bertz CT molecular complexity index is 714. The molecule has 6 heteroatoms. The smallest absolute Gasteiger partial charge is 0.319 e. The Morgan fingerprint density at radius 3 is 2.70 bits per heavy atom. The van der Waals surface area contributed by atoms with Crippen molar-refractivity contribution >= 4 is 11.7 Å². The van der Waals surface area contributed by atoms with Gasteiger partial charge in [-0.15, -0.1) is 0 Å². The molecule has 2 rings (SSSR count). The Hall–Kier alpha value is -2.91. The molecular formula is C17H16FN3O2. The topological polar surface area (TPSA) is 74.2 Å². The van der Waals surface area contributed by atoms with E-state index in [4.69, 9.17) is 10.00 Å². The van der Waals surface area contributed by atoms with Crippen LogP contribution in [0.3, 0.4) is 0 Å². The molecular weight excluding hydrogens is 297 g/mol. The minimum absolute atomic E-state index is 0.0616. The third-order valence-corrected chi connectivity index (χ3v) is 3.25. The number of hydrogen-bond acceptors (Lipinski definition) is 3. The number of amides is 2. The average Bonchev–Trinajstić information content (AvgIpc) is 2.58. The molecule has 1 unspecified atom stereocenters. The van der Waals surface area contributed by atoms with Gasteiger partial charge in [0, 0.05) is 13.7 Å². The molecule has 0 spiro atoms. The largest absolute Gasteiger partial charge is 0.375 e. The molecule has 2 aromatic carbocycles. The van der Waals surface area contributed by atoms with Crippen LogP contribution in [0.5, 0.6) is 0 Å². The lowest BCUT2D eigenvalue weighted by molar-refractivity contribution is 0.104. The summed E-state index contributed by atoms with van der Waals surface area (Å²) in [6.45, 7) is 0.259. The van der Waals surface area contributed by atoms with Gasteiger partial charge in [0.2, 0.25) is 0 Å². The lowest BCUT2D eigenvalue weighted by Gasteiger charge is -2.17. The average molecular weight is 313 g/mol. The predicted octanol–water partition coefficient (Wildman–Crippen LogP) is 3.21. The number of nitrogens with one attached hydrogen (secondary N) is 2. The first kappa shape index (κ1) is 16.5. The summed E-state index contributed by atoms with van der Waals surface area (Å²) in [5.74, 6) is -0.531. The highest BCUT2D eigenvalue weighted by molar-refractivity contribution is 5.90. The van der Waals surface area contributed by atoms with Gasteiger partial charge in [-0.3, -0.25) is 0 Å². The molecule has 0 aromatic heterocycles. The molecule has 0 heterocycles. The van der Waals surface area contributed by atoms with E-state index in [1.807, 2.05) is 36.4 Å². The number of hydrogen-bond donors (Lipinski definition) is 2. The molecule has 0 saturated carbocycles. The van der Waals surface area contributed by atoms with E-state index >= 15 is 0 Å². The van der Waals surface area contributed by atoms with Crippen LogP contribution in [-0.4, -0.2) is 19.7 Å². The first-order chi connectivity index (χ1) is 11.1. The summed E-state index contributed by atoms with van der Waals surface area (Å²) >= 11 is 0. The number of halogens is 1.